The zero-order valence-electron chi connectivity index (χ0n) is 15.9. The molecule has 24 heavy (non-hydrogen) atoms. The van der Waals surface area contributed by atoms with Crippen molar-refractivity contribution in [2.75, 3.05) is 46.3 Å². The number of hydrogen-bond acceptors (Lipinski definition) is 4. The second kappa shape index (κ2) is 10.1. The van der Waals surface area contributed by atoms with Crippen LogP contribution in [-0.2, 0) is 9.53 Å². The van der Waals surface area contributed by atoms with E-state index in [1.54, 1.807) is 37.9 Å². The van der Waals surface area contributed by atoms with Crippen LogP contribution in [0.2, 0.25) is 0 Å². The van der Waals surface area contributed by atoms with Crippen molar-refractivity contribution in [3.63, 3.8) is 0 Å². The number of nitrogens with zero attached hydrogens (tertiary/aromatic N) is 2. The number of amides is 1. The summed E-state index contributed by atoms with van der Waals surface area (Å²) in [4.78, 5) is 17.7. The lowest BCUT2D eigenvalue weighted by Gasteiger charge is -2.59. The number of hydrogen-bond donors (Lipinski definition) is 2. The maximum absolute atomic E-state index is 11.8. The Morgan fingerprint density at radius 3 is 2.46 bits per heavy atom. The Balaban J connectivity index is 0.00000529. The van der Waals surface area contributed by atoms with Gasteiger partial charge in [0.05, 0.1) is 5.60 Å². The van der Waals surface area contributed by atoms with Gasteiger partial charge in [0, 0.05) is 45.0 Å². The van der Waals surface area contributed by atoms with E-state index in [1.165, 1.54) is 0 Å². The average molecular weight is 472 g/mol. The van der Waals surface area contributed by atoms with Gasteiger partial charge in [0.2, 0.25) is 5.91 Å². The van der Waals surface area contributed by atoms with Crippen LogP contribution in [0.5, 0.6) is 0 Å². The number of aliphatic imine (C=N–C) groups is 1. The fourth-order valence-electron chi connectivity index (χ4n) is 2.60. The molecule has 8 heteroatoms. The molecule has 1 saturated carbocycles. The van der Waals surface area contributed by atoms with Gasteiger partial charge in [-0.1, -0.05) is 13.8 Å². The van der Waals surface area contributed by atoms with Crippen LogP contribution in [0.4, 0.5) is 0 Å². The van der Waals surface area contributed by atoms with Gasteiger partial charge in [-0.15, -0.1) is 24.0 Å². The number of carbonyl (C=O) groups excluding carboxylic acids is 1. The molecule has 0 radical (unpaired) electrons. The first-order chi connectivity index (χ1) is 10.7. The molecule has 2 atom stereocenters. The molecule has 0 aromatic rings. The fourth-order valence-corrected chi connectivity index (χ4v) is 2.91. The number of carbonyl (C=O) groups is 1. The normalized spacial score (nSPS) is 25.3. The number of rotatable bonds is 7. The molecule has 142 valence electrons. The van der Waals surface area contributed by atoms with E-state index in [1.807, 2.05) is 0 Å². The number of guanidine groups is 1. The van der Waals surface area contributed by atoms with Crippen molar-refractivity contribution in [2.45, 2.75) is 38.8 Å². The Bertz CT molecular complexity index is 446. The van der Waals surface area contributed by atoms with Crippen molar-refractivity contribution in [1.82, 2.24) is 15.5 Å². The molecular formula is C16H33IN4O2S. The summed E-state index contributed by atoms with van der Waals surface area (Å²) in [6.45, 7) is 7.50. The summed E-state index contributed by atoms with van der Waals surface area (Å²) in [5, 5.41) is 6.77. The van der Waals surface area contributed by atoms with Gasteiger partial charge < -0.3 is 20.3 Å². The largest absolute Gasteiger partial charge is 0.378 e. The SMILES string of the molecule is COC1(C)CC(NC(=NCC(=O)N(C)C)NCCSC)C1(C)C.I. The first kappa shape index (κ1) is 23.8. The van der Waals surface area contributed by atoms with Crippen LogP contribution in [0.3, 0.4) is 0 Å². The van der Waals surface area contributed by atoms with E-state index < -0.39 is 0 Å². The minimum Gasteiger partial charge on any atom is -0.378 e. The number of ether oxygens (including phenoxy) is 1. The Morgan fingerprint density at radius 2 is 2.00 bits per heavy atom. The molecule has 0 aliphatic heterocycles. The van der Waals surface area contributed by atoms with Gasteiger partial charge in [-0.2, -0.15) is 11.8 Å². The molecule has 1 amide bonds. The Morgan fingerprint density at radius 1 is 1.38 bits per heavy atom. The predicted molar refractivity (Wildman–Crippen MR) is 114 cm³/mol. The number of likely N-dealkylation sites (N-methyl/N-ethyl adjacent to an activating group) is 1. The lowest BCUT2D eigenvalue weighted by atomic mass is 9.56. The second-order valence-corrected chi connectivity index (χ2v) is 7.92. The van der Waals surface area contributed by atoms with Crippen LogP contribution in [-0.4, -0.2) is 74.7 Å². The molecule has 0 heterocycles. The highest BCUT2D eigenvalue weighted by Gasteiger charge is 2.58. The van der Waals surface area contributed by atoms with Crippen molar-refractivity contribution in [1.29, 1.82) is 0 Å². The zero-order valence-corrected chi connectivity index (χ0v) is 19.1. The maximum Gasteiger partial charge on any atom is 0.243 e. The highest BCUT2D eigenvalue weighted by atomic mass is 127. The Labute approximate surface area is 168 Å². The molecule has 0 aromatic heterocycles. The highest BCUT2D eigenvalue weighted by Crippen LogP contribution is 2.51. The van der Waals surface area contributed by atoms with Crippen molar-refractivity contribution in [3.05, 3.63) is 0 Å². The van der Waals surface area contributed by atoms with Crippen LogP contribution >= 0.6 is 35.7 Å². The van der Waals surface area contributed by atoms with Gasteiger partial charge in [0.25, 0.3) is 0 Å². The molecule has 1 fully saturated rings. The van der Waals surface area contributed by atoms with E-state index >= 15 is 0 Å². The van der Waals surface area contributed by atoms with E-state index in [0.29, 0.717) is 5.96 Å². The first-order valence-corrected chi connectivity index (χ1v) is 9.36. The van der Waals surface area contributed by atoms with Crippen molar-refractivity contribution < 1.29 is 9.53 Å². The summed E-state index contributed by atoms with van der Waals surface area (Å²) < 4.78 is 5.66. The molecule has 0 aromatic carbocycles. The third-order valence-corrected chi connectivity index (χ3v) is 5.67. The topological polar surface area (TPSA) is 66.0 Å². The van der Waals surface area contributed by atoms with Gasteiger partial charge in [-0.3, -0.25) is 4.79 Å². The van der Waals surface area contributed by atoms with Gasteiger partial charge in [0.1, 0.15) is 6.54 Å². The number of nitrogens with one attached hydrogen (secondary N) is 2. The van der Waals surface area contributed by atoms with Crippen LogP contribution in [0.1, 0.15) is 27.2 Å². The minimum absolute atomic E-state index is 0. The summed E-state index contributed by atoms with van der Waals surface area (Å²) in [7, 11) is 5.25. The summed E-state index contributed by atoms with van der Waals surface area (Å²) >= 11 is 1.77. The van der Waals surface area contributed by atoms with E-state index in [4.69, 9.17) is 4.74 Å². The van der Waals surface area contributed by atoms with Gasteiger partial charge in [-0.05, 0) is 19.6 Å². The number of methoxy groups -OCH3 is 1. The smallest absolute Gasteiger partial charge is 0.243 e. The van der Waals surface area contributed by atoms with Gasteiger partial charge >= 0.3 is 0 Å². The second-order valence-electron chi connectivity index (χ2n) is 6.93. The highest BCUT2D eigenvalue weighted by molar-refractivity contribution is 14.0. The minimum atomic E-state index is -0.130. The van der Waals surface area contributed by atoms with E-state index in [0.717, 1.165) is 18.7 Å². The molecular weight excluding hydrogens is 439 g/mol. The first-order valence-electron chi connectivity index (χ1n) is 7.97. The summed E-state index contributed by atoms with van der Waals surface area (Å²) in [5.74, 6) is 1.68. The summed E-state index contributed by atoms with van der Waals surface area (Å²) in [6.07, 6.45) is 2.99. The van der Waals surface area contributed by atoms with Crippen LogP contribution < -0.4 is 10.6 Å². The monoisotopic (exact) mass is 472 g/mol. The van der Waals surface area contributed by atoms with Crippen LogP contribution in [0.25, 0.3) is 0 Å². The molecule has 2 unspecified atom stereocenters. The fraction of sp³-hybridized carbons (Fsp3) is 0.875. The van der Waals surface area contributed by atoms with Crippen LogP contribution in [0.15, 0.2) is 4.99 Å². The number of thioether (sulfide) groups is 1. The third kappa shape index (κ3) is 5.66. The molecule has 0 spiro atoms. The Kier molecular flexibility index (Phi) is 9.96. The molecule has 0 bridgehead atoms. The third-order valence-electron chi connectivity index (χ3n) is 5.06. The molecule has 1 aliphatic carbocycles. The zero-order chi connectivity index (χ0) is 17.7. The maximum atomic E-state index is 11.8. The van der Waals surface area contributed by atoms with Gasteiger partial charge in [-0.25, -0.2) is 4.99 Å². The standard InChI is InChI=1S/C16H32N4O2S.HI/c1-15(2)12(10-16(15,3)22-6)19-14(17-8-9-23-7)18-11-13(21)20(4)5;/h12H,8-11H2,1-7H3,(H2,17,18,19);1H. The van der Waals surface area contributed by atoms with Gasteiger partial charge in [0.15, 0.2) is 5.96 Å². The summed E-state index contributed by atoms with van der Waals surface area (Å²) in [6, 6.07) is 0.266. The van der Waals surface area contributed by atoms with Crippen molar-refractivity contribution >= 4 is 47.6 Å². The van der Waals surface area contributed by atoms with E-state index in [-0.39, 0.29) is 53.5 Å². The lowest BCUT2D eigenvalue weighted by Crippen LogP contribution is -2.69. The van der Waals surface area contributed by atoms with Crippen molar-refractivity contribution in [3.8, 4) is 0 Å². The molecule has 0 saturated heterocycles. The lowest BCUT2D eigenvalue weighted by molar-refractivity contribution is -0.176. The van der Waals surface area contributed by atoms with Crippen molar-refractivity contribution in [2.24, 2.45) is 10.4 Å². The molecule has 1 rings (SSSR count). The molecule has 2 N–H and O–H groups in total. The quantitative estimate of drug-likeness (QED) is 0.256. The average Bonchev–Trinajstić information content (AvgIpc) is 2.50. The molecule has 6 nitrogen and oxygen atoms in total. The number of halogens is 1. The summed E-state index contributed by atoms with van der Waals surface area (Å²) in [5.41, 5.74) is -0.135. The van der Waals surface area contributed by atoms with Crippen LogP contribution in [0, 0.1) is 5.41 Å². The van der Waals surface area contributed by atoms with E-state index in [2.05, 4.69) is 42.7 Å². The van der Waals surface area contributed by atoms with E-state index in [9.17, 15) is 4.79 Å². The Hall–Kier alpha value is -0.220. The molecule has 1 aliphatic rings. The predicted octanol–water partition coefficient (Wildman–Crippen LogP) is 1.79.